The monoisotopic (exact) mass is 325 g/mol. The Labute approximate surface area is 108 Å². The summed E-state index contributed by atoms with van der Waals surface area (Å²) in [5, 5.41) is 11.6. The topological polar surface area (TPSA) is 75.1 Å². The summed E-state index contributed by atoms with van der Waals surface area (Å²) in [6, 6.07) is 0. The molecule has 0 aromatic carbocycles. The molecule has 0 bridgehead atoms. The van der Waals surface area contributed by atoms with Gasteiger partial charge in [0.25, 0.3) is 0 Å². The lowest BCUT2D eigenvalue weighted by Crippen LogP contribution is -2.27. The third-order valence-corrected chi connectivity index (χ3v) is 1.71. The fourth-order valence-corrected chi connectivity index (χ4v) is 0.464. The Balaban J connectivity index is 0. The number of hydrogen-bond donors (Lipinski definition) is 2. The van der Waals surface area contributed by atoms with Gasteiger partial charge in [-0.15, -0.1) is 29.1 Å². The first-order valence-corrected chi connectivity index (χ1v) is 4.75. The van der Waals surface area contributed by atoms with Crippen LogP contribution in [0.25, 0.3) is 0 Å². The molecule has 0 radical (unpaired) electrons. The Morgan fingerprint density at radius 3 is 2.07 bits per heavy atom. The average molecular weight is 325 g/mol. The van der Waals surface area contributed by atoms with E-state index in [0.29, 0.717) is 0 Å². The molecule has 0 unspecified atom stereocenters. The summed E-state index contributed by atoms with van der Waals surface area (Å²) >= 11 is 0. The van der Waals surface area contributed by atoms with Crippen molar-refractivity contribution in [3.05, 3.63) is 0 Å². The fraction of sp³-hybridized carbons (Fsp3) is 0.667. The molecule has 0 aliphatic rings. The molecule has 0 fully saturated rings. The minimum Gasteiger partial charge on any atom is -0.367 e. The Bertz CT molecular complexity index is 257. The van der Waals surface area contributed by atoms with E-state index in [4.69, 9.17) is 5.73 Å². The molecule has 0 saturated carbocycles. The zero-order chi connectivity index (χ0) is 11.0. The van der Waals surface area contributed by atoms with Gasteiger partial charge in [0.05, 0.1) is 0 Å². The maximum atomic E-state index is 5.50. The van der Waals surface area contributed by atoms with Crippen molar-refractivity contribution >= 4 is 41.4 Å². The summed E-state index contributed by atoms with van der Waals surface area (Å²) in [6.45, 7) is 7.85. The highest BCUT2D eigenvalue weighted by atomic mass is 127. The SMILES string of the molecule is CC/C(C)=N/N=C(\N)N/N=C(\C)CC.I. The molecule has 6 heteroatoms. The molecule has 15 heavy (non-hydrogen) atoms. The van der Waals surface area contributed by atoms with Crippen LogP contribution in [0.5, 0.6) is 0 Å². The largest absolute Gasteiger partial charge is 0.367 e. The van der Waals surface area contributed by atoms with Gasteiger partial charge in [-0.3, -0.25) is 0 Å². The number of hydrazone groups is 1. The quantitative estimate of drug-likeness (QED) is 0.359. The molecule has 5 nitrogen and oxygen atoms in total. The van der Waals surface area contributed by atoms with Crippen LogP contribution in [0.2, 0.25) is 0 Å². The predicted octanol–water partition coefficient (Wildman–Crippen LogP) is 2.08. The Morgan fingerprint density at radius 1 is 1.07 bits per heavy atom. The fourth-order valence-electron chi connectivity index (χ4n) is 0.464. The second kappa shape index (κ2) is 9.88. The van der Waals surface area contributed by atoms with E-state index in [9.17, 15) is 0 Å². The van der Waals surface area contributed by atoms with E-state index in [1.54, 1.807) is 0 Å². The number of nitrogens with one attached hydrogen (secondary N) is 1. The van der Waals surface area contributed by atoms with Crippen molar-refractivity contribution in [3.63, 3.8) is 0 Å². The van der Waals surface area contributed by atoms with E-state index in [1.807, 2.05) is 27.7 Å². The standard InChI is InChI=1S/C9H19N5.HI/c1-5-7(3)11-13-9(10)14-12-8(4)6-2;/h5-6H2,1-4H3,(H3,10,13,14);1H/b11-7+,12-8+;. The van der Waals surface area contributed by atoms with Gasteiger partial charge < -0.3 is 5.73 Å². The van der Waals surface area contributed by atoms with Gasteiger partial charge in [0.15, 0.2) is 0 Å². The molecule has 0 aliphatic heterocycles. The van der Waals surface area contributed by atoms with E-state index < -0.39 is 0 Å². The Kier molecular flexibility index (Phi) is 11.0. The van der Waals surface area contributed by atoms with Crippen molar-refractivity contribution < 1.29 is 0 Å². The summed E-state index contributed by atoms with van der Waals surface area (Å²) in [5.41, 5.74) is 10.0. The zero-order valence-electron chi connectivity index (χ0n) is 9.74. The van der Waals surface area contributed by atoms with Gasteiger partial charge in [-0.25, -0.2) is 5.43 Å². The van der Waals surface area contributed by atoms with Crippen LogP contribution in [0.1, 0.15) is 40.5 Å². The first kappa shape index (κ1) is 16.8. The average Bonchev–Trinajstić information content (AvgIpc) is 2.22. The normalized spacial score (nSPS) is 13.5. The first-order chi connectivity index (χ1) is 6.60. The number of guanidine groups is 1. The van der Waals surface area contributed by atoms with E-state index in [0.717, 1.165) is 24.3 Å². The molecule has 0 rings (SSSR count). The van der Waals surface area contributed by atoms with Crippen LogP contribution < -0.4 is 11.2 Å². The molecular formula is C9H20IN5. The van der Waals surface area contributed by atoms with E-state index in [1.165, 1.54) is 0 Å². The highest BCUT2D eigenvalue weighted by Crippen LogP contribution is 1.85. The smallest absolute Gasteiger partial charge is 0.234 e. The van der Waals surface area contributed by atoms with Crippen molar-refractivity contribution in [1.82, 2.24) is 5.43 Å². The van der Waals surface area contributed by atoms with E-state index >= 15 is 0 Å². The van der Waals surface area contributed by atoms with Crippen LogP contribution >= 0.6 is 24.0 Å². The third kappa shape index (κ3) is 9.64. The van der Waals surface area contributed by atoms with Gasteiger partial charge >= 0.3 is 0 Å². The van der Waals surface area contributed by atoms with Crippen molar-refractivity contribution in [2.24, 2.45) is 21.0 Å². The van der Waals surface area contributed by atoms with Gasteiger partial charge in [0, 0.05) is 11.4 Å². The molecular weight excluding hydrogens is 305 g/mol. The Morgan fingerprint density at radius 2 is 1.60 bits per heavy atom. The van der Waals surface area contributed by atoms with Crippen LogP contribution in [-0.2, 0) is 0 Å². The van der Waals surface area contributed by atoms with E-state index in [-0.39, 0.29) is 29.9 Å². The summed E-state index contributed by atoms with van der Waals surface area (Å²) in [6.07, 6.45) is 1.76. The minimum absolute atomic E-state index is 0. The van der Waals surface area contributed by atoms with Gasteiger partial charge in [0.1, 0.15) is 0 Å². The summed E-state index contributed by atoms with van der Waals surface area (Å²) in [5.74, 6) is 0.214. The maximum Gasteiger partial charge on any atom is 0.234 e. The van der Waals surface area contributed by atoms with E-state index in [2.05, 4.69) is 20.7 Å². The molecule has 88 valence electrons. The second-order valence-corrected chi connectivity index (χ2v) is 2.99. The van der Waals surface area contributed by atoms with Crippen LogP contribution in [0.3, 0.4) is 0 Å². The number of nitrogens with two attached hydrogens (primary N) is 1. The molecule has 0 aromatic heterocycles. The van der Waals surface area contributed by atoms with Crippen LogP contribution in [0, 0.1) is 0 Å². The van der Waals surface area contributed by atoms with Crippen molar-refractivity contribution in [3.8, 4) is 0 Å². The lowest BCUT2D eigenvalue weighted by molar-refractivity contribution is 0.968. The molecule has 0 aliphatic carbocycles. The first-order valence-electron chi connectivity index (χ1n) is 4.75. The number of nitrogens with zero attached hydrogens (tertiary/aromatic N) is 3. The van der Waals surface area contributed by atoms with Crippen LogP contribution in [-0.4, -0.2) is 17.4 Å². The predicted molar refractivity (Wildman–Crippen MR) is 77.0 cm³/mol. The molecule has 0 spiro atoms. The molecule has 0 aromatic rings. The maximum absolute atomic E-state index is 5.50. The highest BCUT2D eigenvalue weighted by molar-refractivity contribution is 14.0. The van der Waals surface area contributed by atoms with Crippen molar-refractivity contribution in [1.29, 1.82) is 0 Å². The summed E-state index contributed by atoms with van der Waals surface area (Å²) in [4.78, 5) is 0. The lowest BCUT2D eigenvalue weighted by atomic mass is 10.3. The van der Waals surface area contributed by atoms with Gasteiger partial charge in [0.2, 0.25) is 5.96 Å². The lowest BCUT2D eigenvalue weighted by Gasteiger charge is -1.98. The number of hydrogen-bond acceptors (Lipinski definition) is 3. The van der Waals surface area contributed by atoms with Crippen LogP contribution in [0.4, 0.5) is 0 Å². The number of rotatable bonds is 4. The molecule has 0 amide bonds. The van der Waals surface area contributed by atoms with Crippen molar-refractivity contribution in [2.45, 2.75) is 40.5 Å². The van der Waals surface area contributed by atoms with Gasteiger partial charge in [-0.1, -0.05) is 13.8 Å². The van der Waals surface area contributed by atoms with Crippen LogP contribution in [0.15, 0.2) is 15.3 Å². The van der Waals surface area contributed by atoms with Gasteiger partial charge in [-0.2, -0.15) is 10.2 Å². The third-order valence-electron chi connectivity index (χ3n) is 1.71. The Hall–Kier alpha value is -0.660. The number of halogens is 1. The molecule has 0 atom stereocenters. The molecule has 0 saturated heterocycles. The minimum atomic E-state index is 0. The van der Waals surface area contributed by atoms with Gasteiger partial charge in [-0.05, 0) is 26.7 Å². The summed E-state index contributed by atoms with van der Waals surface area (Å²) < 4.78 is 0. The summed E-state index contributed by atoms with van der Waals surface area (Å²) in [7, 11) is 0. The molecule has 0 heterocycles. The van der Waals surface area contributed by atoms with Crippen molar-refractivity contribution in [2.75, 3.05) is 0 Å². The molecule has 3 N–H and O–H groups in total. The highest BCUT2D eigenvalue weighted by Gasteiger charge is 1.89. The second-order valence-electron chi connectivity index (χ2n) is 2.99. The zero-order valence-corrected chi connectivity index (χ0v) is 12.1.